The van der Waals surface area contributed by atoms with Crippen molar-refractivity contribution in [2.75, 3.05) is 6.26 Å². The molecular formula is C12H20O2S. The summed E-state index contributed by atoms with van der Waals surface area (Å²) in [6.45, 7) is 8.16. The standard InChI is InChI=1S/C10H14O2S.C2H6/c1-8(2)9-4-6-10(7-5-9)13(3,11)12;1-2/h4-8H,1-3H3;1-2H3. The Balaban J connectivity index is 0.000000921. The molecule has 15 heavy (non-hydrogen) atoms. The van der Waals surface area contributed by atoms with Crippen LogP contribution in [0.2, 0.25) is 0 Å². The molecule has 3 heteroatoms. The predicted octanol–water partition coefficient (Wildman–Crippen LogP) is 3.24. The summed E-state index contributed by atoms with van der Waals surface area (Å²) < 4.78 is 22.2. The van der Waals surface area contributed by atoms with E-state index in [1.165, 1.54) is 6.26 Å². The SMILES string of the molecule is CC.CC(C)c1ccc(S(C)(=O)=O)cc1. The number of hydrogen-bond donors (Lipinski definition) is 0. The van der Waals surface area contributed by atoms with Crippen molar-refractivity contribution < 1.29 is 8.42 Å². The normalized spacial score (nSPS) is 10.8. The van der Waals surface area contributed by atoms with Gasteiger partial charge in [-0.05, 0) is 23.6 Å². The third kappa shape index (κ3) is 4.47. The molecule has 0 saturated heterocycles. The van der Waals surface area contributed by atoms with Crippen LogP contribution in [0.5, 0.6) is 0 Å². The summed E-state index contributed by atoms with van der Waals surface area (Å²) in [5.74, 6) is 0.439. The highest BCUT2D eigenvalue weighted by atomic mass is 32.2. The van der Waals surface area contributed by atoms with Gasteiger partial charge in [0.05, 0.1) is 4.90 Å². The van der Waals surface area contributed by atoms with E-state index in [9.17, 15) is 8.42 Å². The zero-order valence-electron chi connectivity index (χ0n) is 10.1. The molecule has 0 saturated carbocycles. The van der Waals surface area contributed by atoms with Crippen molar-refractivity contribution in [2.45, 2.75) is 38.5 Å². The fourth-order valence-electron chi connectivity index (χ4n) is 1.10. The van der Waals surface area contributed by atoms with Gasteiger partial charge in [-0.2, -0.15) is 0 Å². The van der Waals surface area contributed by atoms with Gasteiger partial charge in [-0.25, -0.2) is 8.42 Å². The fourth-order valence-corrected chi connectivity index (χ4v) is 1.73. The fraction of sp³-hybridized carbons (Fsp3) is 0.500. The Morgan fingerprint density at radius 3 is 1.67 bits per heavy atom. The van der Waals surface area contributed by atoms with Crippen molar-refractivity contribution in [3.8, 4) is 0 Å². The third-order valence-corrected chi connectivity index (χ3v) is 3.10. The van der Waals surface area contributed by atoms with Gasteiger partial charge in [-0.3, -0.25) is 0 Å². The molecule has 0 aliphatic heterocycles. The molecule has 0 bridgehead atoms. The number of hydrogen-bond acceptors (Lipinski definition) is 2. The lowest BCUT2D eigenvalue weighted by Gasteiger charge is -2.05. The molecule has 86 valence electrons. The minimum Gasteiger partial charge on any atom is -0.224 e. The molecule has 0 atom stereocenters. The van der Waals surface area contributed by atoms with Crippen molar-refractivity contribution in [3.63, 3.8) is 0 Å². The van der Waals surface area contributed by atoms with Crippen molar-refractivity contribution in [3.05, 3.63) is 29.8 Å². The van der Waals surface area contributed by atoms with Crippen LogP contribution in [-0.4, -0.2) is 14.7 Å². The van der Waals surface area contributed by atoms with E-state index in [1.807, 2.05) is 26.0 Å². The molecule has 0 radical (unpaired) electrons. The molecule has 0 N–H and O–H groups in total. The predicted molar refractivity (Wildman–Crippen MR) is 65.0 cm³/mol. The minimum absolute atomic E-state index is 0.386. The van der Waals surface area contributed by atoms with E-state index in [2.05, 4.69) is 13.8 Å². The maximum Gasteiger partial charge on any atom is 0.175 e. The number of sulfone groups is 1. The van der Waals surface area contributed by atoms with E-state index in [4.69, 9.17) is 0 Å². The highest BCUT2D eigenvalue weighted by Crippen LogP contribution is 2.16. The second-order valence-electron chi connectivity index (χ2n) is 3.50. The molecule has 0 amide bonds. The average Bonchev–Trinajstić information content (AvgIpc) is 2.20. The lowest BCUT2D eigenvalue weighted by Crippen LogP contribution is -1.97. The van der Waals surface area contributed by atoms with Gasteiger partial charge in [0.1, 0.15) is 0 Å². The van der Waals surface area contributed by atoms with Crippen molar-refractivity contribution in [2.24, 2.45) is 0 Å². The van der Waals surface area contributed by atoms with Crippen LogP contribution in [0.15, 0.2) is 29.2 Å². The molecule has 0 aromatic heterocycles. The highest BCUT2D eigenvalue weighted by molar-refractivity contribution is 7.90. The van der Waals surface area contributed by atoms with Crippen molar-refractivity contribution >= 4 is 9.84 Å². The van der Waals surface area contributed by atoms with E-state index in [0.717, 1.165) is 5.56 Å². The lowest BCUT2D eigenvalue weighted by atomic mass is 10.0. The Bertz CT molecular complexity index is 375. The first-order valence-corrected chi connectivity index (χ1v) is 7.10. The molecule has 1 aromatic rings. The molecule has 1 aromatic carbocycles. The van der Waals surface area contributed by atoms with Gasteiger partial charge < -0.3 is 0 Å². The van der Waals surface area contributed by atoms with Gasteiger partial charge in [0.25, 0.3) is 0 Å². The Labute approximate surface area is 93.3 Å². The molecule has 0 aliphatic rings. The lowest BCUT2D eigenvalue weighted by molar-refractivity contribution is 0.602. The van der Waals surface area contributed by atoms with Gasteiger partial charge in [0, 0.05) is 6.26 Å². The second kappa shape index (κ2) is 5.91. The molecule has 0 aliphatic carbocycles. The third-order valence-electron chi connectivity index (χ3n) is 1.97. The van der Waals surface area contributed by atoms with E-state index in [-0.39, 0.29) is 0 Å². The highest BCUT2D eigenvalue weighted by Gasteiger charge is 2.06. The average molecular weight is 228 g/mol. The molecule has 0 unspecified atom stereocenters. The molecule has 0 spiro atoms. The number of rotatable bonds is 2. The van der Waals surface area contributed by atoms with Crippen LogP contribution < -0.4 is 0 Å². The summed E-state index contributed by atoms with van der Waals surface area (Å²) >= 11 is 0. The maximum absolute atomic E-state index is 11.1. The Hall–Kier alpha value is -0.830. The first-order valence-electron chi connectivity index (χ1n) is 5.21. The van der Waals surface area contributed by atoms with Gasteiger partial charge >= 0.3 is 0 Å². The van der Waals surface area contributed by atoms with Crippen molar-refractivity contribution in [1.29, 1.82) is 0 Å². The summed E-state index contributed by atoms with van der Waals surface area (Å²) in [6, 6.07) is 7.04. The quantitative estimate of drug-likeness (QED) is 0.778. The second-order valence-corrected chi connectivity index (χ2v) is 5.51. The van der Waals surface area contributed by atoms with E-state index < -0.39 is 9.84 Å². The Morgan fingerprint density at radius 2 is 1.40 bits per heavy atom. The van der Waals surface area contributed by atoms with Crippen LogP contribution >= 0.6 is 0 Å². The smallest absolute Gasteiger partial charge is 0.175 e. The van der Waals surface area contributed by atoms with E-state index in [1.54, 1.807) is 12.1 Å². The molecule has 0 fully saturated rings. The molecule has 0 heterocycles. The maximum atomic E-state index is 11.1. The molecule has 1 rings (SSSR count). The first-order chi connectivity index (χ1) is 6.91. The summed E-state index contributed by atoms with van der Waals surface area (Å²) in [5.41, 5.74) is 1.16. The molecule has 2 nitrogen and oxygen atoms in total. The Kier molecular flexibility index (Phi) is 5.58. The van der Waals surface area contributed by atoms with Crippen molar-refractivity contribution in [1.82, 2.24) is 0 Å². The van der Waals surface area contributed by atoms with E-state index in [0.29, 0.717) is 10.8 Å². The largest absolute Gasteiger partial charge is 0.224 e. The monoisotopic (exact) mass is 228 g/mol. The first kappa shape index (κ1) is 14.2. The zero-order valence-corrected chi connectivity index (χ0v) is 10.9. The van der Waals surface area contributed by atoms with Crippen LogP contribution in [0.25, 0.3) is 0 Å². The Morgan fingerprint density at radius 1 is 1.00 bits per heavy atom. The zero-order chi connectivity index (χ0) is 12.1. The summed E-state index contributed by atoms with van der Waals surface area (Å²) in [4.78, 5) is 0.386. The van der Waals surface area contributed by atoms with Crippen LogP contribution in [0.1, 0.15) is 39.2 Å². The summed E-state index contributed by atoms with van der Waals surface area (Å²) in [7, 11) is -3.05. The number of benzene rings is 1. The van der Waals surface area contributed by atoms with Crippen LogP contribution in [0.4, 0.5) is 0 Å². The van der Waals surface area contributed by atoms with Gasteiger partial charge in [0.2, 0.25) is 0 Å². The summed E-state index contributed by atoms with van der Waals surface area (Å²) in [5, 5.41) is 0. The van der Waals surface area contributed by atoms with Crippen LogP contribution in [0, 0.1) is 0 Å². The molecular weight excluding hydrogens is 208 g/mol. The van der Waals surface area contributed by atoms with Gasteiger partial charge in [-0.15, -0.1) is 0 Å². The van der Waals surface area contributed by atoms with Gasteiger partial charge in [0.15, 0.2) is 9.84 Å². The topological polar surface area (TPSA) is 34.1 Å². The minimum atomic E-state index is -3.05. The van der Waals surface area contributed by atoms with E-state index >= 15 is 0 Å². The van der Waals surface area contributed by atoms with Gasteiger partial charge in [-0.1, -0.05) is 39.8 Å². The summed E-state index contributed by atoms with van der Waals surface area (Å²) in [6.07, 6.45) is 1.22. The van der Waals surface area contributed by atoms with Crippen LogP contribution in [0.3, 0.4) is 0 Å². The van der Waals surface area contributed by atoms with Crippen LogP contribution in [-0.2, 0) is 9.84 Å².